The summed E-state index contributed by atoms with van der Waals surface area (Å²) in [6.07, 6.45) is 0.219. The smallest absolute Gasteiger partial charge is 0.410 e. The first-order chi connectivity index (χ1) is 9.17. The summed E-state index contributed by atoms with van der Waals surface area (Å²) in [6, 6.07) is 6.34. The summed E-state index contributed by atoms with van der Waals surface area (Å²) in [6.45, 7) is 1.17. The summed E-state index contributed by atoms with van der Waals surface area (Å²) in [7, 11) is 3.09. The lowest BCUT2D eigenvalue weighted by Crippen LogP contribution is -2.25. The van der Waals surface area contributed by atoms with Crippen LogP contribution in [0.4, 0.5) is 4.79 Å². The molecule has 0 aliphatic heterocycles. The van der Waals surface area contributed by atoms with Crippen molar-refractivity contribution in [3.63, 3.8) is 0 Å². The van der Waals surface area contributed by atoms with Crippen molar-refractivity contribution in [2.24, 2.45) is 0 Å². The van der Waals surface area contributed by atoms with Crippen molar-refractivity contribution in [1.82, 2.24) is 10.6 Å². The third kappa shape index (κ3) is 5.39. The topological polar surface area (TPSA) is 76.7 Å². The van der Waals surface area contributed by atoms with Crippen LogP contribution in [-0.4, -0.2) is 39.3 Å². The molecule has 1 aromatic rings. The number of hydrogen-bond donors (Lipinski definition) is 2. The molecular weight excluding hydrogens is 248 g/mol. The summed E-state index contributed by atoms with van der Waals surface area (Å²) in [5.41, 5.74) is 0.515. The number of benzene rings is 1. The minimum atomic E-state index is -0.545. The zero-order valence-corrected chi connectivity index (χ0v) is 11.1. The molecule has 0 aromatic heterocycles. The maximum atomic E-state index is 11.7. The van der Waals surface area contributed by atoms with Gasteiger partial charge < -0.3 is 20.1 Å². The van der Waals surface area contributed by atoms with E-state index in [0.717, 1.165) is 6.42 Å². The Hall–Kier alpha value is -2.08. The maximum absolute atomic E-state index is 11.7. The van der Waals surface area contributed by atoms with Crippen LogP contribution in [-0.2, 0) is 4.74 Å². The third-order valence-corrected chi connectivity index (χ3v) is 2.34. The number of rotatable bonds is 6. The molecule has 0 atom stereocenters. The number of amides is 2. The second kappa shape index (κ2) is 8.10. The fraction of sp³-hybridized carbons (Fsp3) is 0.385. The van der Waals surface area contributed by atoms with Gasteiger partial charge in [-0.2, -0.15) is 0 Å². The lowest BCUT2D eigenvalue weighted by atomic mass is 10.2. The molecule has 0 heterocycles. The molecule has 0 bridgehead atoms. The van der Waals surface area contributed by atoms with Gasteiger partial charge in [0.2, 0.25) is 0 Å². The molecular formula is C13H18N2O4. The lowest BCUT2D eigenvalue weighted by molar-refractivity contribution is 0.0948. The number of methoxy groups -OCH3 is 1. The molecule has 0 spiro atoms. The molecule has 19 heavy (non-hydrogen) atoms. The van der Waals surface area contributed by atoms with Gasteiger partial charge in [-0.3, -0.25) is 4.79 Å². The van der Waals surface area contributed by atoms with E-state index in [2.05, 4.69) is 10.6 Å². The predicted octanol–water partition coefficient (Wildman–Crippen LogP) is 1.17. The summed E-state index contributed by atoms with van der Waals surface area (Å²) < 4.78 is 9.80. The molecule has 104 valence electrons. The second-order valence-electron chi connectivity index (χ2n) is 3.77. The predicted molar refractivity (Wildman–Crippen MR) is 70.4 cm³/mol. The van der Waals surface area contributed by atoms with E-state index in [-0.39, 0.29) is 5.91 Å². The Bertz CT molecular complexity index is 417. The Morgan fingerprint density at radius 3 is 2.47 bits per heavy atom. The van der Waals surface area contributed by atoms with Gasteiger partial charge in [0.1, 0.15) is 5.75 Å². The molecule has 1 rings (SSSR count). The van der Waals surface area contributed by atoms with Crippen LogP contribution in [0.1, 0.15) is 16.8 Å². The van der Waals surface area contributed by atoms with Crippen LogP contribution in [0.3, 0.4) is 0 Å². The number of ether oxygens (including phenoxy) is 2. The van der Waals surface area contributed by atoms with Gasteiger partial charge in [-0.1, -0.05) is 0 Å². The van der Waals surface area contributed by atoms with Gasteiger partial charge in [-0.15, -0.1) is 0 Å². The number of carbonyl (C=O) groups is 2. The first-order valence-electron chi connectivity index (χ1n) is 5.94. The molecule has 0 fully saturated rings. The Kier molecular flexibility index (Phi) is 6.38. The monoisotopic (exact) mass is 266 g/mol. The second-order valence-corrected chi connectivity index (χ2v) is 3.77. The van der Waals surface area contributed by atoms with Gasteiger partial charge in [0.25, 0.3) is 5.91 Å². The van der Waals surface area contributed by atoms with Crippen molar-refractivity contribution in [3.05, 3.63) is 29.8 Å². The number of carbonyl (C=O) groups excluding carboxylic acids is 2. The van der Waals surface area contributed by atoms with E-state index in [4.69, 9.17) is 9.47 Å². The van der Waals surface area contributed by atoms with Crippen molar-refractivity contribution in [2.75, 3.05) is 27.3 Å². The van der Waals surface area contributed by atoms with Gasteiger partial charge in [0.05, 0.1) is 0 Å². The van der Waals surface area contributed by atoms with Crippen molar-refractivity contribution in [2.45, 2.75) is 6.42 Å². The SMILES string of the molecule is CNC(=O)Oc1ccc(C(=O)NCCCOC)cc1. The third-order valence-electron chi connectivity index (χ3n) is 2.34. The summed E-state index contributed by atoms with van der Waals surface area (Å²) in [5, 5.41) is 5.10. The molecule has 0 radical (unpaired) electrons. The van der Waals surface area contributed by atoms with Crippen molar-refractivity contribution in [3.8, 4) is 5.75 Å². The van der Waals surface area contributed by atoms with Crippen LogP contribution in [0.5, 0.6) is 5.75 Å². The van der Waals surface area contributed by atoms with Crippen molar-refractivity contribution >= 4 is 12.0 Å². The summed E-state index contributed by atoms with van der Waals surface area (Å²) in [4.78, 5) is 22.7. The molecule has 0 saturated heterocycles. The van der Waals surface area contributed by atoms with Crippen LogP contribution in [0.25, 0.3) is 0 Å². The highest BCUT2D eigenvalue weighted by molar-refractivity contribution is 5.94. The Labute approximate surface area is 112 Å². The van der Waals surface area contributed by atoms with E-state index >= 15 is 0 Å². The minimum absolute atomic E-state index is 0.164. The van der Waals surface area contributed by atoms with E-state index in [9.17, 15) is 9.59 Å². The first-order valence-corrected chi connectivity index (χ1v) is 5.94. The molecule has 0 saturated carbocycles. The van der Waals surface area contributed by atoms with Crippen molar-refractivity contribution in [1.29, 1.82) is 0 Å². The molecule has 0 aliphatic carbocycles. The normalized spacial score (nSPS) is 9.79. The Morgan fingerprint density at radius 1 is 1.21 bits per heavy atom. The van der Waals surface area contributed by atoms with E-state index < -0.39 is 6.09 Å². The van der Waals surface area contributed by atoms with E-state index in [1.165, 1.54) is 7.05 Å². The summed E-state index contributed by atoms with van der Waals surface area (Å²) >= 11 is 0. The molecule has 0 unspecified atom stereocenters. The van der Waals surface area contributed by atoms with Gasteiger partial charge in [-0.05, 0) is 30.7 Å². The quantitative estimate of drug-likeness (QED) is 0.758. The van der Waals surface area contributed by atoms with Crippen LogP contribution < -0.4 is 15.4 Å². The molecule has 2 amide bonds. The van der Waals surface area contributed by atoms with Gasteiger partial charge in [-0.25, -0.2) is 4.79 Å². The van der Waals surface area contributed by atoms with Crippen molar-refractivity contribution < 1.29 is 19.1 Å². The van der Waals surface area contributed by atoms with E-state index in [0.29, 0.717) is 24.5 Å². The number of nitrogens with one attached hydrogen (secondary N) is 2. The molecule has 6 heteroatoms. The van der Waals surface area contributed by atoms with Crippen LogP contribution in [0, 0.1) is 0 Å². The Balaban J connectivity index is 2.46. The maximum Gasteiger partial charge on any atom is 0.412 e. The highest BCUT2D eigenvalue weighted by atomic mass is 16.5. The lowest BCUT2D eigenvalue weighted by Gasteiger charge is -2.06. The molecule has 1 aromatic carbocycles. The fourth-order valence-corrected chi connectivity index (χ4v) is 1.35. The minimum Gasteiger partial charge on any atom is -0.410 e. The highest BCUT2D eigenvalue weighted by Crippen LogP contribution is 2.12. The zero-order valence-electron chi connectivity index (χ0n) is 11.1. The summed E-state index contributed by atoms with van der Waals surface area (Å²) in [5.74, 6) is 0.220. The molecule has 0 aliphatic rings. The molecule has 2 N–H and O–H groups in total. The van der Waals surface area contributed by atoms with Gasteiger partial charge >= 0.3 is 6.09 Å². The van der Waals surface area contributed by atoms with Gasteiger partial charge in [0, 0.05) is 32.9 Å². The highest BCUT2D eigenvalue weighted by Gasteiger charge is 2.06. The fourth-order valence-electron chi connectivity index (χ4n) is 1.35. The van der Waals surface area contributed by atoms with Gasteiger partial charge in [0.15, 0.2) is 0 Å². The molecule has 6 nitrogen and oxygen atoms in total. The first kappa shape index (κ1) is 15.0. The zero-order chi connectivity index (χ0) is 14.1. The van der Waals surface area contributed by atoms with Crippen LogP contribution in [0.15, 0.2) is 24.3 Å². The largest absolute Gasteiger partial charge is 0.412 e. The van der Waals surface area contributed by atoms with E-state index in [1.807, 2.05) is 0 Å². The average molecular weight is 266 g/mol. The number of hydrogen-bond acceptors (Lipinski definition) is 4. The average Bonchev–Trinajstić information content (AvgIpc) is 2.44. The Morgan fingerprint density at radius 2 is 1.89 bits per heavy atom. The standard InChI is InChI=1S/C13H18N2O4/c1-14-13(17)19-11-6-4-10(5-7-11)12(16)15-8-3-9-18-2/h4-7H,3,8-9H2,1-2H3,(H,14,17)(H,15,16). The van der Waals surface area contributed by atoms with Crippen LogP contribution >= 0.6 is 0 Å². The van der Waals surface area contributed by atoms with E-state index in [1.54, 1.807) is 31.4 Å². The van der Waals surface area contributed by atoms with Crippen LogP contribution in [0.2, 0.25) is 0 Å².